The van der Waals surface area contributed by atoms with Crippen LogP contribution >= 0.6 is 0 Å². The summed E-state index contributed by atoms with van der Waals surface area (Å²) in [5, 5.41) is 2.96. The number of carbonyl (C=O) groups excluding carboxylic acids is 1. The predicted octanol–water partition coefficient (Wildman–Crippen LogP) is 4.94. The van der Waals surface area contributed by atoms with Crippen LogP contribution in [0.25, 0.3) is 0 Å². The highest BCUT2D eigenvalue weighted by molar-refractivity contribution is 5.90. The highest BCUT2D eigenvalue weighted by Gasteiger charge is 2.02. The lowest BCUT2D eigenvalue weighted by Crippen LogP contribution is -2.10. The second kappa shape index (κ2) is 9.60. The first-order chi connectivity index (χ1) is 9.26. The van der Waals surface area contributed by atoms with Crippen molar-refractivity contribution in [3.63, 3.8) is 0 Å². The average molecular weight is 261 g/mol. The summed E-state index contributed by atoms with van der Waals surface area (Å²) in [6.45, 7) is 4.37. The number of anilines is 1. The minimum Gasteiger partial charge on any atom is -0.326 e. The van der Waals surface area contributed by atoms with Gasteiger partial charge in [-0.3, -0.25) is 4.79 Å². The van der Waals surface area contributed by atoms with Crippen molar-refractivity contribution in [3.05, 3.63) is 29.8 Å². The maximum Gasteiger partial charge on any atom is 0.224 e. The van der Waals surface area contributed by atoms with Crippen LogP contribution in [0, 0.1) is 0 Å². The normalized spacial score (nSPS) is 10.4. The van der Waals surface area contributed by atoms with E-state index in [1.807, 2.05) is 12.1 Å². The number of rotatable bonds is 9. The number of unbranched alkanes of at least 4 members (excludes halogenated alkanes) is 4. The molecule has 0 radical (unpaired) electrons. The summed E-state index contributed by atoms with van der Waals surface area (Å²) >= 11 is 0. The molecule has 2 heteroatoms. The molecule has 0 aliphatic carbocycles. The van der Waals surface area contributed by atoms with Gasteiger partial charge in [-0.1, -0.05) is 51.7 Å². The largest absolute Gasteiger partial charge is 0.326 e. The molecule has 0 aliphatic rings. The van der Waals surface area contributed by atoms with Crippen molar-refractivity contribution < 1.29 is 4.79 Å². The van der Waals surface area contributed by atoms with Crippen LogP contribution in [0.15, 0.2) is 24.3 Å². The Kier molecular flexibility index (Phi) is 7.95. The van der Waals surface area contributed by atoms with Crippen LogP contribution in [-0.2, 0) is 11.2 Å². The van der Waals surface area contributed by atoms with Gasteiger partial charge in [-0.2, -0.15) is 0 Å². The van der Waals surface area contributed by atoms with Gasteiger partial charge in [0.25, 0.3) is 0 Å². The van der Waals surface area contributed by atoms with Crippen molar-refractivity contribution in [2.24, 2.45) is 0 Å². The van der Waals surface area contributed by atoms with Crippen molar-refractivity contribution >= 4 is 11.6 Å². The van der Waals surface area contributed by atoms with Gasteiger partial charge < -0.3 is 5.32 Å². The van der Waals surface area contributed by atoms with Gasteiger partial charge in [-0.05, 0) is 37.0 Å². The first kappa shape index (κ1) is 15.7. The number of hydrogen-bond donors (Lipinski definition) is 1. The van der Waals surface area contributed by atoms with E-state index in [0.29, 0.717) is 6.42 Å². The van der Waals surface area contributed by atoms with Crippen LogP contribution in [0.1, 0.15) is 64.4 Å². The lowest BCUT2D eigenvalue weighted by atomic mass is 10.1. The molecular weight excluding hydrogens is 234 g/mol. The zero-order valence-corrected chi connectivity index (χ0v) is 12.4. The molecule has 1 aromatic carbocycles. The topological polar surface area (TPSA) is 29.1 Å². The van der Waals surface area contributed by atoms with Gasteiger partial charge >= 0.3 is 0 Å². The molecule has 19 heavy (non-hydrogen) atoms. The Bertz CT molecular complexity index is 356. The quantitative estimate of drug-likeness (QED) is 0.627. The number of aryl methyl sites for hydroxylation is 1. The fourth-order valence-electron chi connectivity index (χ4n) is 2.09. The SMILES string of the molecule is CCCCCC(=O)Nc1ccc(CCCCC)cc1. The predicted molar refractivity (Wildman–Crippen MR) is 82.4 cm³/mol. The molecule has 2 nitrogen and oxygen atoms in total. The van der Waals surface area contributed by atoms with Crippen LogP contribution < -0.4 is 5.32 Å². The first-order valence-electron chi connectivity index (χ1n) is 7.65. The summed E-state index contributed by atoms with van der Waals surface area (Å²) in [6.07, 6.45) is 8.83. The van der Waals surface area contributed by atoms with Crippen molar-refractivity contribution in [2.75, 3.05) is 5.32 Å². The maximum absolute atomic E-state index is 11.7. The van der Waals surface area contributed by atoms with E-state index < -0.39 is 0 Å². The molecule has 0 aromatic heterocycles. The van der Waals surface area contributed by atoms with Crippen LogP contribution in [-0.4, -0.2) is 5.91 Å². The molecule has 0 saturated heterocycles. The van der Waals surface area contributed by atoms with Gasteiger partial charge in [0, 0.05) is 12.1 Å². The lowest BCUT2D eigenvalue weighted by Gasteiger charge is -2.06. The van der Waals surface area contributed by atoms with Crippen LogP contribution in [0.3, 0.4) is 0 Å². The molecular formula is C17H27NO. The van der Waals surface area contributed by atoms with Gasteiger partial charge in [-0.15, -0.1) is 0 Å². The molecule has 1 N–H and O–H groups in total. The Hall–Kier alpha value is -1.31. The Morgan fingerprint density at radius 3 is 2.21 bits per heavy atom. The molecule has 1 rings (SSSR count). The molecule has 0 saturated carbocycles. The van der Waals surface area contributed by atoms with Crippen molar-refractivity contribution in [1.82, 2.24) is 0 Å². The molecule has 0 aliphatic heterocycles. The van der Waals surface area contributed by atoms with E-state index in [1.54, 1.807) is 0 Å². The molecule has 0 heterocycles. The zero-order chi connectivity index (χ0) is 13.9. The zero-order valence-electron chi connectivity index (χ0n) is 12.4. The van der Waals surface area contributed by atoms with E-state index >= 15 is 0 Å². The number of carbonyl (C=O) groups is 1. The van der Waals surface area contributed by atoms with Gasteiger partial charge in [-0.25, -0.2) is 0 Å². The summed E-state index contributed by atoms with van der Waals surface area (Å²) in [7, 11) is 0. The fourth-order valence-corrected chi connectivity index (χ4v) is 2.09. The average Bonchev–Trinajstić information content (AvgIpc) is 2.41. The van der Waals surface area contributed by atoms with E-state index in [4.69, 9.17) is 0 Å². The first-order valence-corrected chi connectivity index (χ1v) is 7.65. The van der Waals surface area contributed by atoms with Crippen molar-refractivity contribution in [2.45, 2.75) is 65.2 Å². The standard InChI is InChI=1S/C17H27NO/c1-3-5-7-9-15-11-13-16(14-12-15)18-17(19)10-8-6-4-2/h11-14H,3-10H2,1-2H3,(H,18,19). The van der Waals surface area contributed by atoms with E-state index in [-0.39, 0.29) is 5.91 Å². The minimum atomic E-state index is 0.132. The molecule has 1 amide bonds. The Balaban J connectivity index is 2.32. The third kappa shape index (κ3) is 7.00. The molecule has 1 aromatic rings. The smallest absolute Gasteiger partial charge is 0.224 e. The third-order valence-corrected chi connectivity index (χ3v) is 3.31. The van der Waals surface area contributed by atoms with E-state index in [9.17, 15) is 4.79 Å². The lowest BCUT2D eigenvalue weighted by molar-refractivity contribution is -0.116. The molecule has 0 unspecified atom stereocenters. The van der Waals surface area contributed by atoms with Crippen LogP contribution in [0.2, 0.25) is 0 Å². The van der Waals surface area contributed by atoms with Gasteiger partial charge in [0.2, 0.25) is 5.91 Å². The summed E-state index contributed by atoms with van der Waals surface area (Å²) in [4.78, 5) is 11.7. The van der Waals surface area contributed by atoms with Gasteiger partial charge in [0.05, 0.1) is 0 Å². The van der Waals surface area contributed by atoms with Crippen LogP contribution in [0.5, 0.6) is 0 Å². The summed E-state index contributed by atoms with van der Waals surface area (Å²) < 4.78 is 0. The molecule has 0 spiro atoms. The van der Waals surface area contributed by atoms with Crippen molar-refractivity contribution in [1.29, 1.82) is 0 Å². The highest BCUT2D eigenvalue weighted by atomic mass is 16.1. The Morgan fingerprint density at radius 2 is 1.58 bits per heavy atom. The summed E-state index contributed by atoms with van der Waals surface area (Å²) in [5.74, 6) is 0.132. The summed E-state index contributed by atoms with van der Waals surface area (Å²) in [5.41, 5.74) is 2.28. The van der Waals surface area contributed by atoms with Gasteiger partial charge in [0.15, 0.2) is 0 Å². The number of hydrogen-bond acceptors (Lipinski definition) is 1. The number of amides is 1. The van der Waals surface area contributed by atoms with E-state index in [2.05, 4.69) is 31.3 Å². The van der Waals surface area contributed by atoms with E-state index in [1.165, 1.54) is 24.8 Å². The number of benzene rings is 1. The Labute approximate surface area is 117 Å². The summed E-state index contributed by atoms with van der Waals surface area (Å²) in [6, 6.07) is 8.27. The molecule has 0 bridgehead atoms. The second-order valence-electron chi connectivity index (χ2n) is 5.16. The Morgan fingerprint density at radius 1 is 0.947 bits per heavy atom. The third-order valence-electron chi connectivity index (χ3n) is 3.31. The molecule has 0 fully saturated rings. The fraction of sp³-hybridized carbons (Fsp3) is 0.588. The number of nitrogens with one attached hydrogen (secondary N) is 1. The molecule has 0 atom stereocenters. The van der Waals surface area contributed by atoms with Crippen LogP contribution in [0.4, 0.5) is 5.69 Å². The maximum atomic E-state index is 11.7. The van der Waals surface area contributed by atoms with E-state index in [0.717, 1.165) is 31.4 Å². The van der Waals surface area contributed by atoms with Crippen molar-refractivity contribution in [3.8, 4) is 0 Å². The second-order valence-corrected chi connectivity index (χ2v) is 5.16. The highest BCUT2D eigenvalue weighted by Crippen LogP contribution is 2.13. The molecule has 106 valence electrons. The minimum absolute atomic E-state index is 0.132. The van der Waals surface area contributed by atoms with Gasteiger partial charge in [0.1, 0.15) is 0 Å². The monoisotopic (exact) mass is 261 g/mol.